The van der Waals surface area contributed by atoms with Gasteiger partial charge in [-0.25, -0.2) is 0 Å². The number of nitrogens with zero attached hydrogens (tertiary/aromatic N) is 1. The molecule has 3 nitrogen and oxygen atoms in total. The summed E-state index contributed by atoms with van der Waals surface area (Å²) in [5.41, 5.74) is 9.09. The van der Waals surface area contributed by atoms with Crippen molar-refractivity contribution < 1.29 is 4.74 Å². The average molecular weight is 276 g/mol. The normalized spacial score (nSPS) is 20.6. The molecule has 1 aliphatic rings. The van der Waals surface area contributed by atoms with Crippen LogP contribution in [-0.2, 0) is 16.6 Å². The molecule has 0 aromatic heterocycles. The van der Waals surface area contributed by atoms with Gasteiger partial charge in [0.15, 0.2) is 0 Å². The van der Waals surface area contributed by atoms with Crippen molar-refractivity contribution in [2.45, 2.75) is 45.2 Å². The van der Waals surface area contributed by atoms with Crippen LogP contribution in [0.25, 0.3) is 0 Å². The standard InChI is InChI=1S/C17H28N2O/c1-16(2,3)15-7-5-14(6-8-15)13-17(4,18)19-9-11-20-12-10-19/h5-8H,9-13,18H2,1-4H3. The van der Waals surface area contributed by atoms with Crippen LogP contribution in [0.2, 0.25) is 0 Å². The first-order valence-corrected chi connectivity index (χ1v) is 7.50. The van der Waals surface area contributed by atoms with Crippen LogP contribution in [0.3, 0.4) is 0 Å². The minimum atomic E-state index is -0.299. The molecule has 1 unspecified atom stereocenters. The van der Waals surface area contributed by atoms with E-state index >= 15 is 0 Å². The maximum Gasteiger partial charge on any atom is 0.0701 e. The Morgan fingerprint density at radius 2 is 1.60 bits per heavy atom. The summed E-state index contributed by atoms with van der Waals surface area (Å²) in [4.78, 5) is 2.33. The fourth-order valence-corrected chi connectivity index (χ4v) is 2.72. The van der Waals surface area contributed by atoms with Gasteiger partial charge in [-0.3, -0.25) is 4.90 Å². The lowest BCUT2D eigenvalue weighted by atomic mass is 9.86. The number of hydrogen-bond acceptors (Lipinski definition) is 3. The maximum absolute atomic E-state index is 6.52. The quantitative estimate of drug-likeness (QED) is 0.922. The summed E-state index contributed by atoms with van der Waals surface area (Å²) >= 11 is 0. The zero-order valence-corrected chi connectivity index (χ0v) is 13.3. The first-order valence-electron chi connectivity index (χ1n) is 7.50. The highest BCUT2D eigenvalue weighted by molar-refractivity contribution is 5.28. The van der Waals surface area contributed by atoms with Crippen molar-refractivity contribution in [3.05, 3.63) is 35.4 Å². The smallest absolute Gasteiger partial charge is 0.0701 e. The molecule has 112 valence electrons. The fourth-order valence-electron chi connectivity index (χ4n) is 2.72. The van der Waals surface area contributed by atoms with E-state index < -0.39 is 0 Å². The Hall–Kier alpha value is -0.900. The summed E-state index contributed by atoms with van der Waals surface area (Å²) in [5.74, 6) is 0. The van der Waals surface area contributed by atoms with Gasteiger partial charge in [-0.1, -0.05) is 45.0 Å². The zero-order valence-electron chi connectivity index (χ0n) is 13.3. The Morgan fingerprint density at radius 1 is 1.05 bits per heavy atom. The van der Waals surface area contributed by atoms with Crippen LogP contribution in [0.4, 0.5) is 0 Å². The van der Waals surface area contributed by atoms with E-state index in [0.717, 1.165) is 32.7 Å². The maximum atomic E-state index is 6.52. The lowest BCUT2D eigenvalue weighted by Gasteiger charge is -2.40. The molecule has 0 radical (unpaired) electrons. The van der Waals surface area contributed by atoms with Gasteiger partial charge in [0, 0.05) is 19.5 Å². The topological polar surface area (TPSA) is 38.5 Å². The second kappa shape index (κ2) is 5.84. The second-order valence-electron chi connectivity index (χ2n) is 7.08. The monoisotopic (exact) mass is 276 g/mol. The third-order valence-corrected chi connectivity index (χ3v) is 4.12. The first kappa shape index (κ1) is 15.5. The summed E-state index contributed by atoms with van der Waals surface area (Å²) in [7, 11) is 0. The molecule has 1 fully saturated rings. The predicted octanol–water partition coefficient (Wildman–Crippen LogP) is 2.53. The summed E-state index contributed by atoms with van der Waals surface area (Å²) in [6.07, 6.45) is 0.872. The molecular weight excluding hydrogens is 248 g/mol. The van der Waals surface area contributed by atoms with Crippen molar-refractivity contribution in [1.29, 1.82) is 0 Å². The third-order valence-electron chi connectivity index (χ3n) is 4.12. The van der Waals surface area contributed by atoms with E-state index in [2.05, 4.69) is 56.9 Å². The van der Waals surface area contributed by atoms with E-state index in [1.165, 1.54) is 11.1 Å². The van der Waals surface area contributed by atoms with Crippen LogP contribution >= 0.6 is 0 Å². The highest BCUT2D eigenvalue weighted by Crippen LogP contribution is 2.24. The number of nitrogens with two attached hydrogens (primary N) is 1. The highest BCUT2D eigenvalue weighted by Gasteiger charge is 2.29. The van der Waals surface area contributed by atoms with E-state index in [1.54, 1.807) is 0 Å². The van der Waals surface area contributed by atoms with Gasteiger partial charge in [0.2, 0.25) is 0 Å². The van der Waals surface area contributed by atoms with Gasteiger partial charge in [-0.15, -0.1) is 0 Å². The molecule has 1 aliphatic heterocycles. The minimum Gasteiger partial charge on any atom is -0.379 e. The molecule has 0 aliphatic carbocycles. The van der Waals surface area contributed by atoms with E-state index in [1.807, 2.05) is 0 Å². The zero-order chi connectivity index (χ0) is 14.8. The van der Waals surface area contributed by atoms with Crippen LogP contribution in [0, 0.1) is 0 Å². The Bertz CT molecular complexity index is 425. The van der Waals surface area contributed by atoms with Crippen molar-refractivity contribution in [2.24, 2.45) is 5.73 Å². The van der Waals surface area contributed by atoms with Crippen LogP contribution in [0.15, 0.2) is 24.3 Å². The largest absolute Gasteiger partial charge is 0.379 e. The molecule has 1 aromatic rings. The summed E-state index contributed by atoms with van der Waals surface area (Å²) in [5, 5.41) is 0. The summed E-state index contributed by atoms with van der Waals surface area (Å²) < 4.78 is 5.40. The van der Waals surface area contributed by atoms with Crippen molar-refractivity contribution >= 4 is 0 Å². The van der Waals surface area contributed by atoms with E-state index in [-0.39, 0.29) is 11.1 Å². The molecule has 1 atom stereocenters. The molecule has 0 spiro atoms. The molecular formula is C17H28N2O. The number of ether oxygens (including phenoxy) is 1. The van der Waals surface area contributed by atoms with E-state index in [9.17, 15) is 0 Å². The summed E-state index contributed by atoms with van der Waals surface area (Å²) in [6, 6.07) is 8.88. The molecule has 1 heterocycles. The van der Waals surface area contributed by atoms with Crippen molar-refractivity contribution in [1.82, 2.24) is 4.90 Å². The third kappa shape index (κ3) is 3.81. The van der Waals surface area contributed by atoms with Crippen molar-refractivity contribution in [2.75, 3.05) is 26.3 Å². The van der Waals surface area contributed by atoms with Gasteiger partial charge in [-0.05, 0) is 23.5 Å². The molecule has 3 heteroatoms. The van der Waals surface area contributed by atoms with Gasteiger partial charge in [0.1, 0.15) is 0 Å². The van der Waals surface area contributed by atoms with Crippen LogP contribution in [0.5, 0.6) is 0 Å². The Kier molecular flexibility index (Phi) is 4.52. The number of hydrogen-bond donors (Lipinski definition) is 1. The molecule has 20 heavy (non-hydrogen) atoms. The lowest BCUT2D eigenvalue weighted by molar-refractivity contribution is -0.0142. The van der Waals surface area contributed by atoms with E-state index in [0.29, 0.717) is 0 Å². The molecule has 0 saturated carbocycles. The first-order chi connectivity index (χ1) is 9.29. The van der Waals surface area contributed by atoms with Gasteiger partial charge in [-0.2, -0.15) is 0 Å². The second-order valence-corrected chi connectivity index (χ2v) is 7.08. The van der Waals surface area contributed by atoms with Gasteiger partial charge < -0.3 is 10.5 Å². The molecule has 0 amide bonds. The number of benzene rings is 1. The predicted molar refractivity (Wildman–Crippen MR) is 83.8 cm³/mol. The van der Waals surface area contributed by atoms with Crippen molar-refractivity contribution in [3.8, 4) is 0 Å². The average Bonchev–Trinajstić information content (AvgIpc) is 2.39. The van der Waals surface area contributed by atoms with Crippen molar-refractivity contribution in [3.63, 3.8) is 0 Å². The molecule has 1 saturated heterocycles. The Morgan fingerprint density at radius 3 is 2.10 bits per heavy atom. The van der Waals surface area contributed by atoms with Crippen LogP contribution in [0.1, 0.15) is 38.8 Å². The lowest BCUT2D eigenvalue weighted by Crippen LogP contribution is -2.58. The summed E-state index contributed by atoms with van der Waals surface area (Å²) in [6.45, 7) is 12.3. The Balaban J connectivity index is 2.05. The van der Waals surface area contributed by atoms with Crippen LogP contribution < -0.4 is 5.73 Å². The number of morpholine rings is 1. The fraction of sp³-hybridized carbons (Fsp3) is 0.647. The molecule has 0 bridgehead atoms. The van der Waals surface area contributed by atoms with Gasteiger partial charge in [0.25, 0.3) is 0 Å². The van der Waals surface area contributed by atoms with Gasteiger partial charge in [0.05, 0.1) is 18.9 Å². The van der Waals surface area contributed by atoms with E-state index in [4.69, 9.17) is 10.5 Å². The number of rotatable bonds is 3. The minimum absolute atomic E-state index is 0.203. The SMILES string of the molecule is CC(C)(C)c1ccc(CC(C)(N)N2CCOCC2)cc1. The Labute approximate surface area is 123 Å². The molecule has 2 N–H and O–H groups in total. The highest BCUT2D eigenvalue weighted by atomic mass is 16.5. The van der Waals surface area contributed by atoms with Crippen LogP contribution in [-0.4, -0.2) is 36.9 Å². The molecule has 1 aromatic carbocycles. The van der Waals surface area contributed by atoms with Gasteiger partial charge >= 0.3 is 0 Å². The molecule has 2 rings (SSSR count).